The van der Waals surface area contributed by atoms with Crippen LogP contribution in [0.4, 0.5) is 0 Å². The van der Waals surface area contributed by atoms with E-state index in [1.807, 2.05) is 79.7 Å². The highest BCUT2D eigenvalue weighted by molar-refractivity contribution is 5.86. The standard InChI is InChI=1S/C25H24N2O/c1-2-23(19-12-6-3-7-13-19)26-27-24(28)22-18-25(22,20-14-8-4-9-15-20)21-16-10-5-11-17-21/h2-17,22,26H,18H2,1H3,(H,27,28)/b23-2-/t22-/m1/s1. The minimum absolute atomic E-state index is 0.0167. The third-order valence-corrected chi connectivity index (χ3v) is 5.55. The van der Waals surface area contributed by atoms with E-state index < -0.39 is 0 Å². The van der Waals surface area contributed by atoms with Gasteiger partial charge in [-0.25, -0.2) is 0 Å². The number of hydrogen-bond acceptors (Lipinski definition) is 2. The molecule has 1 saturated carbocycles. The van der Waals surface area contributed by atoms with Gasteiger partial charge in [-0.3, -0.25) is 15.6 Å². The second-order valence-corrected chi connectivity index (χ2v) is 7.14. The number of carbonyl (C=O) groups is 1. The Morgan fingerprint density at radius 1 is 0.821 bits per heavy atom. The summed E-state index contributed by atoms with van der Waals surface area (Å²) < 4.78 is 0. The van der Waals surface area contributed by atoms with Crippen molar-refractivity contribution in [2.24, 2.45) is 5.92 Å². The van der Waals surface area contributed by atoms with Crippen molar-refractivity contribution in [3.8, 4) is 0 Å². The Bertz CT molecular complexity index is 926. The Balaban J connectivity index is 1.53. The van der Waals surface area contributed by atoms with Gasteiger partial charge in [0.1, 0.15) is 0 Å². The summed E-state index contributed by atoms with van der Waals surface area (Å²) in [4.78, 5) is 13.0. The molecule has 0 aliphatic heterocycles. The van der Waals surface area contributed by atoms with Gasteiger partial charge < -0.3 is 0 Å². The first-order valence-corrected chi connectivity index (χ1v) is 9.64. The number of hydrogen-bond donors (Lipinski definition) is 2. The lowest BCUT2D eigenvalue weighted by Crippen LogP contribution is -2.38. The first-order chi connectivity index (χ1) is 13.8. The molecule has 0 heterocycles. The van der Waals surface area contributed by atoms with Gasteiger partial charge in [0.05, 0.1) is 11.6 Å². The summed E-state index contributed by atoms with van der Waals surface area (Å²) in [6.07, 6.45) is 2.77. The molecule has 3 aromatic carbocycles. The van der Waals surface area contributed by atoms with Crippen molar-refractivity contribution in [1.29, 1.82) is 0 Å². The Morgan fingerprint density at radius 2 is 1.32 bits per heavy atom. The van der Waals surface area contributed by atoms with E-state index >= 15 is 0 Å². The number of benzene rings is 3. The predicted molar refractivity (Wildman–Crippen MR) is 113 cm³/mol. The van der Waals surface area contributed by atoms with E-state index in [0.29, 0.717) is 0 Å². The highest BCUT2D eigenvalue weighted by atomic mass is 16.2. The van der Waals surface area contributed by atoms with E-state index in [2.05, 4.69) is 35.1 Å². The van der Waals surface area contributed by atoms with Crippen LogP contribution in [0.2, 0.25) is 0 Å². The molecule has 0 spiro atoms. The zero-order valence-electron chi connectivity index (χ0n) is 15.9. The Hall–Kier alpha value is -3.33. The topological polar surface area (TPSA) is 41.1 Å². The lowest BCUT2D eigenvalue weighted by molar-refractivity contribution is -0.123. The molecule has 0 radical (unpaired) electrons. The van der Waals surface area contributed by atoms with Crippen molar-refractivity contribution in [3.05, 3.63) is 114 Å². The summed E-state index contributed by atoms with van der Waals surface area (Å²) in [5, 5.41) is 0. The van der Waals surface area contributed by atoms with Gasteiger partial charge in [-0.1, -0.05) is 97.1 Å². The van der Waals surface area contributed by atoms with Gasteiger partial charge in [-0.15, -0.1) is 0 Å². The smallest absolute Gasteiger partial charge is 0.242 e. The minimum atomic E-state index is -0.253. The van der Waals surface area contributed by atoms with Gasteiger partial charge in [0.15, 0.2) is 0 Å². The first-order valence-electron chi connectivity index (χ1n) is 9.64. The first kappa shape index (κ1) is 18.1. The average Bonchev–Trinajstić information content (AvgIpc) is 3.53. The third kappa shape index (κ3) is 3.31. The van der Waals surface area contributed by atoms with Gasteiger partial charge in [0.2, 0.25) is 5.91 Å². The molecule has 28 heavy (non-hydrogen) atoms. The van der Waals surface area contributed by atoms with Crippen LogP contribution in [-0.2, 0) is 10.2 Å². The highest BCUT2D eigenvalue weighted by Crippen LogP contribution is 2.58. The molecule has 1 aliphatic carbocycles. The molecule has 1 aliphatic rings. The zero-order valence-corrected chi connectivity index (χ0v) is 15.9. The van der Waals surface area contributed by atoms with Crippen LogP contribution in [0.3, 0.4) is 0 Å². The monoisotopic (exact) mass is 368 g/mol. The number of allylic oxidation sites excluding steroid dienone is 1. The quantitative estimate of drug-likeness (QED) is 0.621. The van der Waals surface area contributed by atoms with E-state index in [-0.39, 0.29) is 17.2 Å². The fourth-order valence-electron chi connectivity index (χ4n) is 4.00. The summed E-state index contributed by atoms with van der Waals surface area (Å²) in [7, 11) is 0. The van der Waals surface area contributed by atoms with E-state index in [4.69, 9.17) is 0 Å². The normalized spacial score (nSPS) is 17.6. The van der Waals surface area contributed by atoms with Crippen molar-refractivity contribution < 1.29 is 4.79 Å². The van der Waals surface area contributed by atoms with Crippen molar-refractivity contribution in [3.63, 3.8) is 0 Å². The molecule has 3 heteroatoms. The van der Waals surface area contributed by atoms with Crippen LogP contribution in [0.25, 0.3) is 5.70 Å². The number of carbonyl (C=O) groups excluding carboxylic acids is 1. The van der Waals surface area contributed by atoms with Crippen LogP contribution < -0.4 is 10.9 Å². The molecule has 0 bridgehead atoms. The van der Waals surface area contributed by atoms with E-state index in [0.717, 1.165) is 17.7 Å². The lowest BCUT2D eigenvalue weighted by Gasteiger charge is -2.19. The van der Waals surface area contributed by atoms with Crippen molar-refractivity contribution in [2.45, 2.75) is 18.8 Å². The third-order valence-electron chi connectivity index (χ3n) is 5.55. The molecule has 1 fully saturated rings. The molecular formula is C25H24N2O. The highest BCUT2D eigenvalue weighted by Gasteiger charge is 2.60. The van der Waals surface area contributed by atoms with Gasteiger partial charge in [-0.05, 0) is 30.0 Å². The molecular weight excluding hydrogens is 344 g/mol. The molecule has 0 saturated heterocycles. The molecule has 2 N–H and O–H groups in total. The number of rotatable bonds is 6. The molecule has 3 aromatic rings. The minimum Gasteiger partial charge on any atom is -0.298 e. The van der Waals surface area contributed by atoms with Crippen molar-refractivity contribution in [2.75, 3.05) is 0 Å². The lowest BCUT2D eigenvalue weighted by atomic mass is 9.85. The van der Waals surface area contributed by atoms with Crippen molar-refractivity contribution in [1.82, 2.24) is 10.9 Å². The maximum Gasteiger partial charge on any atom is 0.242 e. The predicted octanol–water partition coefficient (Wildman–Crippen LogP) is 4.67. The summed E-state index contributed by atoms with van der Waals surface area (Å²) >= 11 is 0. The van der Waals surface area contributed by atoms with Gasteiger partial charge >= 0.3 is 0 Å². The number of hydrazine groups is 1. The molecule has 140 valence electrons. The largest absolute Gasteiger partial charge is 0.298 e. The van der Waals surface area contributed by atoms with Crippen LogP contribution in [0.5, 0.6) is 0 Å². The fraction of sp³-hybridized carbons (Fsp3) is 0.160. The van der Waals surface area contributed by atoms with Crippen molar-refractivity contribution >= 4 is 11.6 Å². The summed E-state index contributed by atoms with van der Waals surface area (Å²) in [5.41, 5.74) is 10.1. The van der Waals surface area contributed by atoms with E-state index in [1.54, 1.807) is 0 Å². The fourth-order valence-corrected chi connectivity index (χ4v) is 4.00. The van der Waals surface area contributed by atoms with Gasteiger partial charge in [0, 0.05) is 5.41 Å². The molecule has 0 unspecified atom stereocenters. The summed E-state index contributed by atoms with van der Waals surface area (Å²) in [6, 6.07) is 30.7. The SMILES string of the molecule is C/C=C(\NNC(=O)[C@H]1CC1(c1ccccc1)c1ccccc1)c1ccccc1. The van der Waals surface area contributed by atoms with E-state index in [9.17, 15) is 4.79 Å². The van der Waals surface area contributed by atoms with Crippen LogP contribution in [0.15, 0.2) is 97.1 Å². The van der Waals surface area contributed by atoms with Crippen LogP contribution in [0.1, 0.15) is 30.0 Å². The van der Waals surface area contributed by atoms with Gasteiger partial charge in [0.25, 0.3) is 0 Å². The average molecular weight is 368 g/mol. The molecule has 1 amide bonds. The Morgan fingerprint density at radius 3 is 1.82 bits per heavy atom. The molecule has 0 aromatic heterocycles. The summed E-state index contributed by atoms with van der Waals surface area (Å²) in [5.74, 6) is -0.0818. The van der Waals surface area contributed by atoms with Crippen LogP contribution >= 0.6 is 0 Å². The van der Waals surface area contributed by atoms with Gasteiger partial charge in [-0.2, -0.15) is 0 Å². The Kier molecular flexibility index (Phi) is 4.98. The number of amides is 1. The van der Waals surface area contributed by atoms with Crippen LogP contribution in [0, 0.1) is 5.92 Å². The molecule has 4 rings (SSSR count). The maximum absolute atomic E-state index is 13.0. The summed E-state index contributed by atoms with van der Waals surface area (Å²) in [6.45, 7) is 1.96. The Labute approximate surface area is 166 Å². The zero-order chi connectivity index (χ0) is 19.4. The second-order valence-electron chi connectivity index (χ2n) is 7.14. The van der Waals surface area contributed by atoms with Crippen LogP contribution in [-0.4, -0.2) is 5.91 Å². The second kappa shape index (κ2) is 7.73. The van der Waals surface area contributed by atoms with E-state index in [1.165, 1.54) is 11.1 Å². The molecule has 3 nitrogen and oxygen atoms in total. The maximum atomic E-state index is 13.0. The number of nitrogens with one attached hydrogen (secondary N) is 2. The molecule has 1 atom stereocenters.